The van der Waals surface area contributed by atoms with Crippen LogP contribution >= 0.6 is 11.6 Å². The monoisotopic (exact) mass is 294 g/mol. The topological polar surface area (TPSA) is 84.7 Å². The van der Waals surface area contributed by atoms with Crippen LogP contribution in [0.5, 0.6) is 0 Å². The SMILES string of the molecule is CCCNc1cc(C(=O)Nc2ncnn2C)cc(Cl)n1. The Bertz CT molecular complexity index is 612. The number of carbonyl (C=O) groups is 1. The third-order valence-corrected chi connectivity index (χ3v) is 2.74. The minimum Gasteiger partial charge on any atom is -0.370 e. The van der Waals surface area contributed by atoms with Crippen molar-refractivity contribution in [3.8, 4) is 0 Å². The van der Waals surface area contributed by atoms with E-state index >= 15 is 0 Å². The van der Waals surface area contributed by atoms with E-state index in [0.717, 1.165) is 13.0 Å². The molecule has 2 N–H and O–H groups in total. The summed E-state index contributed by atoms with van der Waals surface area (Å²) >= 11 is 5.92. The van der Waals surface area contributed by atoms with Gasteiger partial charge in [-0.15, -0.1) is 0 Å². The normalized spacial score (nSPS) is 10.3. The first-order valence-electron chi connectivity index (χ1n) is 6.17. The average Bonchev–Trinajstić information content (AvgIpc) is 2.81. The molecule has 0 radical (unpaired) electrons. The molecule has 0 bridgehead atoms. The van der Waals surface area contributed by atoms with Gasteiger partial charge in [0.1, 0.15) is 17.3 Å². The largest absolute Gasteiger partial charge is 0.370 e. The summed E-state index contributed by atoms with van der Waals surface area (Å²) in [6.07, 6.45) is 2.32. The van der Waals surface area contributed by atoms with Crippen LogP contribution < -0.4 is 10.6 Å². The maximum absolute atomic E-state index is 12.1. The molecule has 0 aliphatic carbocycles. The Morgan fingerprint density at radius 3 is 2.90 bits per heavy atom. The van der Waals surface area contributed by atoms with E-state index in [9.17, 15) is 4.79 Å². The number of halogens is 1. The zero-order chi connectivity index (χ0) is 14.5. The first-order valence-corrected chi connectivity index (χ1v) is 6.54. The highest BCUT2D eigenvalue weighted by Gasteiger charge is 2.12. The quantitative estimate of drug-likeness (QED) is 0.823. The number of hydrogen-bond donors (Lipinski definition) is 2. The summed E-state index contributed by atoms with van der Waals surface area (Å²) in [6, 6.07) is 3.15. The molecule has 0 atom stereocenters. The summed E-state index contributed by atoms with van der Waals surface area (Å²) in [5.41, 5.74) is 0.409. The molecule has 0 saturated carbocycles. The van der Waals surface area contributed by atoms with Gasteiger partial charge >= 0.3 is 0 Å². The standard InChI is InChI=1S/C12H15ClN6O/c1-3-4-14-10-6-8(5-9(13)17-10)11(20)18-12-15-7-16-19(12)2/h5-7H,3-4H2,1-2H3,(H,14,17)(H,15,16,18,20). The summed E-state index contributed by atoms with van der Waals surface area (Å²) in [6.45, 7) is 2.80. The molecule has 2 aromatic heterocycles. The van der Waals surface area contributed by atoms with E-state index in [1.807, 2.05) is 6.92 Å². The molecular weight excluding hydrogens is 280 g/mol. The van der Waals surface area contributed by atoms with Crippen molar-refractivity contribution in [3.63, 3.8) is 0 Å². The predicted octanol–water partition coefficient (Wildman–Crippen LogP) is 1.94. The molecule has 0 fully saturated rings. The van der Waals surface area contributed by atoms with Crippen molar-refractivity contribution in [1.82, 2.24) is 19.7 Å². The van der Waals surface area contributed by atoms with Crippen molar-refractivity contribution in [1.29, 1.82) is 0 Å². The van der Waals surface area contributed by atoms with Gasteiger partial charge in [0.05, 0.1) is 0 Å². The molecule has 8 heteroatoms. The lowest BCUT2D eigenvalue weighted by molar-refractivity contribution is 0.102. The van der Waals surface area contributed by atoms with Gasteiger partial charge in [-0.1, -0.05) is 18.5 Å². The van der Waals surface area contributed by atoms with Crippen molar-refractivity contribution < 1.29 is 4.79 Å². The summed E-state index contributed by atoms with van der Waals surface area (Å²) in [5, 5.41) is 9.88. The number of carbonyl (C=O) groups excluding carboxylic acids is 1. The molecule has 0 aliphatic heterocycles. The Kier molecular flexibility index (Phi) is 4.52. The van der Waals surface area contributed by atoms with Crippen LogP contribution in [0.25, 0.3) is 0 Å². The highest BCUT2D eigenvalue weighted by molar-refractivity contribution is 6.30. The summed E-state index contributed by atoms with van der Waals surface area (Å²) < 4.78 is 1.47. The molecule has 1 amide bonds. The fourth-order valence-electron chi connectivity index (χ4n) is 1.55. The average molecular weight is 295 g/mol. The molecule has 2 rings (SSSR count). The van der Waals surface area contributed by atoms with Gasteiger partial charge < -0.3 is 5.32 Å². The lowest BCUT2D eigenvalue weighted by Crippen LogP contribution is -2.16. The lowest BCUT2D eigenvalue weighted by Gasteiger charge is -2.08. The van der Waals surface area contributed by atoms with Crippen molar-refractivity contribution in [2.45, 2.75) is 13.3 Å². The zero-order valence-corrected chi connectivity index (χ0v) is 12.0. The van der Waals surface area contributed by atoms with Crippen LogP contribution in [0.4, 0.5) is 11.8 Å². The van der Waals surface area contributed by atoms with E-state index in [2.05, 4.69) is 25.7 Å². The molecule has 20 heavy (non-hydrogen) atoms. The number of pyridine rings is 1. The van der Waals surface area contributed by atoms with Crippen LogP contribution in [0.15, 0.2) is 18.5 Å². The Balaban J connectivity index is 2.17. The van der Waals surface area contributed by atoms with Crippen LogP contribution in [0.1, 0.15) is 23.7 Å². The molecular formula is C12H15ClN6O. The Morgan fingerprint density at radius 2 is 2.25 bits per heavy atom. The van der Waals surface area contributed by atoms with E-state index in [-0.39, 0.29) is 11.1 Å². The summed E-state index contributed by atoms with van der Waals surface area (Å²) in [7, 11) is 1.69. The zero-order valence-electron chi connectivity index (χ0n) is 11.2. The van der Waals surface area contributed by atoms with Gasteiger partial charge in [0.15, 0.2) is 0 Å². The number of rotatable bonds is 5. The number of nitrogens with zero attached hydrogens (tertiary/aromatic N) is 4. The number of anilines is 2. The van der Waals surface area contributed by atoms with E-state index in [4.69, 9.17) is 11.6 Å². The summed E-state index contributed by atoms with van der Waals surface area (Å²) in [4.78, 5) is 20.2. The van der Waals surface area contributed by atoms with Crippen molar-refractivity contribution in [2.75, 3.05) is 17.2 Å². The molecule has 0 unspecified atom stereocenters. The second-order valence-corrected chi connectivity index (χ2v) is 4.54. The van der Waals surface area contributed by atoms with Gasteiger partial charge in [-0.25, -0.2) is 9.67 Å². The molecule has 106 valence electrons. The maximum atomic E-state index is 12.1. The number of hydrogen-bond acceptors (Lipinski definition) is 5. The van der Waals surface area contributed by atoms with Crippen molar-refractivity contribution >= 4 is 29.3 Å². The Labute approximate surface area is 121 Å². The molecule has 7 nitrogen and oxygen atoms in total. The molecule has 0 spiro atoms. The maximum Gasteiger partial charge on any atom is 0.258 e. The van der Waals surface area contributed by atoms with Gasteiger partial charge in [-0.3, -0.25) is 10.1 Å². The van der Waals surface area contributed by atoms with Gasteiger partial charge in [-0.05, 0) is 18.6 Å². The summed E-state index contributed by atoms with van der Waals surface area (Å²) in [5.74, 6) is 0.624. The Morgan fingerprint density at radius 1 is 1.45 bits per heavy atom. The fraction of sp³-hybridized carbons (Fsp3) is 0.333. The van der Waals surface area contributed by atoms with Gasteiger partial charge in [-0.2, -0.15) is 10.1 Å². The number of aryl methyl sites for hydroxylation is 1. The van der Waals surface area contributed by atoms with Crippen molar-refractivity contribution in [2.24, 2.45) is 7.05 Å². The van der Waals surface area contributed by atoms with Crippen LogP contribution in [-0.4, -0.2) is 32.2 Å². The van der Waals surface area contributed by atoms with Gasteiger partial charge in [0, 0.05) is 19.2 Å². The van der Waals surface area contributed by atoms with Crippen molar-refractivity contribution in [3.05, 3.63) is 29.2 Å². The highest BCUT2D eigenvalue weighted by Crippen LogP contribution is 2.15. The first kappa shape index (κ1) is 14.3. The van der Waals surface area contributed by atoms with E-state index in [0.29, 0.717) is 17.3 Å². The van der Waals surface area contributed by atoms with E-state index < -0.39 is 0 Å². The van der Waals surface area contributed by atoms with Crippen LogP contribution in [0.3, 0.4) is 0 Å². The van der Waals surface area contributed by atoms with E-state index in [1.54, 1.807) is 13.1 Å². The molecule has 0 saturated heterocycles. The number of aromatic nitrogens is 4. The lowest BCUT2D eigenvalue weighted by atomic mass is 10.2. The van der Waals surface area contributed by atoms with Crippen LogP contribution in [-0.2, 0) is 7.05 Å². The predicted molar refractivity (Wildman–Crippen MR) is 77.0 cm³/mol. The molecule has 2 heterocycles. The number of amides is 1. The fourth-order valence-corrected chi connectivity index (χ4v) is 1.76. The smallest absolute Gasteiger partial charge is 0.258 e. The third-order valence-electron chi connectivity index (χ3n) is 2.55. The molecule has 2 aromatic rings. The minimum absolute atomic E-state index is 0.259. The second kappa shape index (κ2) is 6.33. The Hall–Kier alpha value is -2.15. The minimum atomic E-state index is -0.315. The second-order valence-electron chi connectivity index (χ2n) is 4.15. The van der Waals surface area contributed by atoms with E-state index in [1.165, 1.54) is 17.1 Å². The first-order chi connectivity index (χ1) is 9.60. The van der Waals surface area contributed by atoms with Gasteiger partial charge in [0.2, 0.25) is 5.95 Å². The van der Waals surface area contributed by atoms with Gasteiger partial charge in [0.25, 0.3) is 5.91 Å². The van der Waals surface area contributed by atoms with Crippen LogP contribution in [0.2, 0.25) is 5.15 Å². The molecule has 0 aliphatic rings. The molecule has 0 aromatic carbocycles. The van der Waals surface area contributed by atoms with Crippen LogP contribution in [0, 0.1) is 0 Å². The number of nitrogens with one attached hydrogen (secondary N) is 2. The highest BCUT2D eigenvalue weighted by atomic mass is 35.5. The third kappa shape index (κ3) is 3.45.